The van der Waals surface area contributed by atoms with Crippen LogP contribution in [0.4, 0.5) is 0 Å². The van der Waals surface area contributed by atoms with Crippen LogP contribution in [0.3, 0.4) is 0 Å². The standard InChI is InChI=1S/C17H23N3O3/c1-4-10-17(3,22)16(21)18-11-12(2)15-19-14(20-23-15)13-8-6-5-7-9-13/h5-9,12,22H,4,10-11H2,1-3H3,(H,18,21). The molecule has 23 heavy (non-hydrogen) atoms. The molecule has 0 aliphatic carbocycles. The predicted octanol–water partition coefficient (Wildman–Crippen LogP) is 2.51. The second-order valence-corrected chi connectivity index (χ2v) is 5.96. The van der Waals surface area contributed by atoms with Crippen molar-refractivity contribution in [3.8, 4) is 11.4 Å². The third kappa shape index (κ3) is 4.39. The summed E-state index contributed by atoms with van der Waals surface area (Å²) in [6, 6.07) is 9.55. The summed E-state index contributed by atoms with van der Waals surface area (Å²) in [6.07, 6.45) is 1.16. The number of carbonyl (C=O) groups excluding carboxylic acids is 1. The highest BCUT2D eigenvalue weighted by Gasteiger charge is 2.29. The summed E-state index contributed by atoms with van der Waals surface area (Å²) >= 11 is 0. The van der Waals surface area contributed by atoms with Crippen molar-refractivity contribution in [3.05, 3.63) is 36.2 Å². The lowest BCUT2D eigenvalue weighted by Crippen LogP contribution is -2.45. The Hall–Kier alpha value is -2.21. The highest BCUT2D eigenvalue weighted by molar-refractivity contribution is 5.84. The molecule has 1 heterocycles. The van der Waals surface area contributed by atoms with Crippen LogP contribution < -0.4 is 5.32 Å². The predicted molar refractivity (Wildman–Crippen MR) is 86.7 cm³/mol. The zero-order chi connectivity index (χ0) is 16.9. The van der Waals surface area contributed by atoms with Crippen LogP contribution in [-0.2, 0) is 4.79 Å². The van der Waals surface area contributed by atoms with Gasteiger partial charge >= 0.3 is 0 Å². The molecule has 1 amide bonds. The largest absolute Gasteiger partial charge is 0.380 e. The SMILES string of the molecule is CCCC(C)(O)C(=O)NCC(C)c1nc(-c2ccccc2)no1. The van der Waals surface area contributed by atoms with Crippen molar-refractivity contribution >= 4 is 5.91 Å². The Balaban J connectivity index is 1.95. The number of aromatic nitrogens is 2. The van der Waals surface area contributed by atoms with Gasteiger partial charge in [0.2, 0.25) is 11.7 Å². The summed E-state index contributed by atoms with van der Waals surface area (Å²) in [5.74, 6) is 0.464. The third-order valence-electron chi connectivity index (χ3n) is 3.69. The quantitative estimate of drug-likeness (QED) is 0.819. The Bertz CT molecular complexity index is 638. The number of rotatable bonds is 7. The van der Waals surface area contributed by atoms with Crippen LogP contribution in [0.25, 0.3) is 11.4 Å². The molecular formula is C17H23N3O3. The Kier molecular flexibility index (Phi) is 5.50. The number of nitrogens with one attached hydrogen (secondary N) is 1. The van der Waals surface area contributed by atoms with E-state index >= 15 is 0 Å². The van der Waals surface area contributed by atoms with Crippen LogP contribution in [0.5, 0.6) is 0 Å². The Labute approximate surface area is 135 Å². The molecule has 2 unspecified atom stereocenters. The van der Waals surface area contributed by atoms with Crippen molar-refractivity contribution < 1.29 is 14.4 Å². The third-order valence-corrected chi connectivity index (χ3v) is 3.69. The van der Waals surface area contributed by atoms with Gasteiger partial charge in [0.25, 0.3) is 5.91 Å². The maximum atomic E-state index is 12.0. The van der Waals surface area contributed by atoms with E-state index in [1.807, 2.05) is 44.2 Å². The summed E-state index contributed by atoms with van der Waals surface area (Å²) in [7, 11) is 0. The van der Waals surface area contributed by atoms with Gasteiger partial charge in [0.15, 0.2) is 0 Å². The summed E-state index contributed by atoms with van der Waals surface area (Å²) in [6.45, 7) is 5.66. The van der Waals surface area contributed by atoms with E-state index in [0.717, 1.165) is 12.0 Å². The zero-order valence-electron chi connectivity index (χ0n) is 13.7. The number of carbonyl (C=O) groups is 1. The van der Waals surface area contributed by atoms with Gasteiger partial charge in [-0.1, -0.05) is 55.8 Å². The second kappa shape index (κ2) is 7.37. The van der Waals surface area contributed by atoms with E-state index in [2.05, 4.69) is 15.5 Å². The Morgan fingerprint density at radius 3 is 2.74 bits per heavy atom. The van der Waals surface area contributed by atoms with Crippen LogP contribution in [-0.4, -0.2) is 33.3 Å². The topological polar surface area (TPSA) is 88.2 Å². The monoisotopic (exact) mass is 317 g/mol. The molecule has 6 heteroatoms. The average Bonchev–Trinajstić information content (AvgIpc) is 3.03. The van der Waals surface area contributed by atoms with Crippen LogP contribution in [0.1, 0.15) is 45.4 Å². The Morgan fingerprint density at radius 1 is 1.39 bits per heavy atom. The lowest BCUT2D eigenvalue weighted by molar-refractivity contribution is -0.138. The molecule has 2 rings (SSSR count). The van der Waals surface area contributed by atoms with Gasteiger partial charge in [0.05, 0.1) is 5.92 Å². The van der Waals surface area contributed by atoms with Crippen molar-refractivity contribution in [2.24, 2.45) is 0 Å². The molecule has 2 atom stereocenters. The highest BCUT2D eigenvalue weighted by Crippen LogP contribution is 2.19. The number of amides is 1. The van der Waals surface area contributed by atoms with E-state index in [1.54, 1.807) is 0 Å². The first kappa shape index (κ1) is 17.1. The van der Waals surface area contributed by atoms with E-state index in [-0.39, 0.29) is 11.8 Å². The molecule has 0 aliphatic rings. The first-order valence-electron chi connectivity index (χ1n) is 7.83. The molecule has 2 N–H and O–H groups in total. The second-order valence-electron chi connectivity index (χ2n) is 5.96. The number of hydrogen-bond donors (Lipinski definition) is 2. The molecule has 0 saturated heterocycles. The molecule has 124 valence electrons. The minimum atomic E-state index is -1.35. The van der Waals surface area contributed by atoms with Gasteiger partial charge in [-0.2, -0.15) is 4.98 Å². The molecule has 0 bridgehead atoms. The van der Waals surface area contributed by atoms with Gasteiger partial charge in [-0.15, -0.1) is 0 Å². The fourth-order valence-electron chi connectivity index (χ4n) is 2.26. The zero-order valence-corrected chi connectivity index (χ0v) is 13.7. The molecule has 1 aromatic carbocycles. The fourth-order valence-corrected chi connectivity index (χ4v) is 2.26. The highest BCUT2D eigenvalue weighted by atomic mass is 16.5. The van der Waals surface area contributed by atoms with E-state index in [9.17, 15) is 9.90 Å². The first-order chi connectivity index (χ1) is 10.9. The van der Waals surface area contributed by atoms with E-state index < -0.39 is 5.60 Å². The van der Waals surface area contributed by atoms with Gasteiger partial charge < -0.3 is 14.9 Å². The smallest absolute Gasteiger partial charge is 0.251 e. The lowest BCUT2D eigenvalue weighted by Gasteiger charge is -2.22. The maximum absolute atomic E-state index is 12.0. The van der Waals surface area contributed by atoms with Crippen LogP contribution in [0, 0.1) is 0 Å². The van der Waals surface area contributed by atoms with Gasteiger partial charge in [-0.3, -0.25) is 4.79 Å². The summed E-state index contributed by atoms with van der Waals surface area (Å²) in [4.78, 5) is 16.4. The summed E-state index contributed by atoms with van der Waals surface area (Å²) in [5, 5.41) is 16.8. The minimum Gasteiger partial charge on any atom is -0.380 e. The van der Waals surface area contributed by atoms with Gasteiger partial charge in [0.1, 0.15) is 5.60 Å². The molecule has 1 aromatic heterocycles. The van der Waals surface area contributed by atoms with Crippen molar-refractivity contribution in [2.45, 2.75) is 45.1 Å². The van der Waals surface area contributed by atoms with E-state index in [1.165, 1.54) is 6.92 Å². The molecule has 2 aromatic rings. The summed E-state index contributed by atoms with van der Waals surface area (Å²) in [5.41, 5.74) is -0.469. The molecule has 0 aliphatic heterocycles. The molecular weight excluding hydrogens is 294 g/mol. The van der Waals surface area contributed by atoms with Crippen molar-refractivity contribution in [1.29, 1.82) is 0 Å². The van der Waals surface area contributed by atoms with Gasteiger partial charge in [0, 0.05) is 12.1 Å². The van der Waals surface area contributed by atoms with E-state index in [0.29, 0.717) is 24.7 Å². The number of nitrogens with zero attached hydrogens (tertiary/aromatic N) is 2. The number of aliphatic hydroxyl groups is 1. The first-order valence-corrected chi connectivity index (χ1v) is 7.83. The van der Waals surface area contributed by atoms with Gasteiger partial charge in [-0.25, -0.2) is 0 Å². The van der Waals surface area contributed by atoms with Crippen LogP contribution >= 0.6 is 0 Å². The number of benzene rings is 1. The molecule has 6 nitrogen and oxygen atoms in total. The molecule has 0 saturated carbocycles. The Morgan fingerprint density at radius 2 is 2.09 bits per heavy atom. The molecule has 0 spiro atoms. The summed E-state index contributed by atoms with van der Waals surface area (Å²) < 4.78 is 5.27. The molecule has 0 radical (unpaired) electrons. The van der Waals surface area contributed by atoms with Crippen molar-refractivity contribution in [1.82, 2.24) is 15.5 Å². The normalized spacial score (nSPS) is 15.0. The number of hydrogen-bond acceptors (Lipinski definition) is 5. The van der Waals surface area contributed by atoms with Crippen molar-refractivity contribution in [3.63, 3.8) is 0 Å². The average molecular weight is 317 g/mol. The molecule has 0 fully saturated rings. The van der Waals surface area contributed by atoms with Crippen LogP contribution in [0.15, 0.2) is 34.9 Å². The maximum Gasteiger partial charge on any atom is 0.251 e. The lowest BCUT2D eigenvalue weighted by atomic mass is 9.99. The van der Waals surface area contributed by atoms with Gasteiger partial charge in [-0.05, 0) is 13.3 Å². The van der Waals surface area contributed by atoms with Crippen LogP contribution in [0.2, 0.25) is 0 Å². The fraction of sp³-hybridized carbons (Fsp3) is 0.471. The van der Waals surface area contributed by atoms with E-state index in [4.69, 9.17) is 4.52 Å². The minimum absolute atomic E-state index is 0.138. The van der Waals surface area contributed by atoms with Crippen molar-refractivity contribution in [2.75, 3.05) is 6.54 Å².